The van der Waals surface area contributed by atoms with Crippen molar-refractivity contribution in [1.29, 1.82) is 0 Å². The molecule has 0 aromatic heterocycles. The van der Waals surface area contributed by atoms with Crippen LogP contribution >= 0.6 is 0 Å². The molecule has 86 valence electrons. The maximum atomic E-state index is 11.3. The summed E-state index contributed by atoms with van der Waals surface area (Å²) in [6, 6.07) is 0. The molecule has 1 saturated heterocycles. The highest BCUT2D eigenvalue weighted by molar-refractivity contribution is 5.69. The van der Waals surface area contributed by atoms with Crippen molar-refractivity contribution >= 4 is 5.97 Å². The predicted molar refractivity (Wildman–Crippen MR) is 58.3 cm³/mol. The second kappa shape index (κ2) is 7.46. The smallest absolute Gasteiger partial charge is 0.308 e. The molecule has 0 saturated carbocycles. The molecule has 3 nitrogen and oxygen atoms in total. The topological polar surface area (TPSA) is 35.5 Å². The van der Waals surface area contributed by atoms with E-state index >= 15 is 0 Å². The fourth-order valence-corrected chi connectivity index (χ4v) is 1.54. The Morgan fingerprint density at radius 1 is 1.53 bits per heavy atom. The second-order valence-electron chi connectivity index (χ2n) is 3.75. The van der Waals surface area contributed by atoms with Crippen LogP contribution in [0, 0.1) is 0 Å². The molecule has 1 aliphatic heterocycles. The van der Waals surface area contributed by atoms with Gasteiger partial charge in [0.15, 0.2) is 0 Å². The fourth-order valence-electron chi connectivity index (χ4n) is 1.54. The Kier molecular flexibility index (Phi) is 6.09. The second-order valence-corrected chi connectivity index (χ2v) is 3.75. The Morgan fingerprint density at radius 3 is 3.07 bits per heavy atom. The molecular weight excluding hydrogens is 192 g/mol. The summed E-state index contributed by atoms with van der Waals surface area (Å²) < 4.78 is 10.5. The fraction of sp³-hybridized carbons (Fsp3) is 0.750. The summed E-state index contributed by atoms with van der Waals surface area (Å²) in [5.41, 5.74) is 0. The van der Waals surface area contributed by atoms with Crippen molar-refractivity contribution in [1.82, 2.24) is 0 Å². The van der Waals surface area contributed by atoms with Crippen LogP contribution in [0.1, 0.15) is 45.4 Å². The van der Waals surface area contributed by atoms with Crippen molar-refractivity contribution in [3.63, 3.8) is 0 Å². The van der Waals surface area contributed by atoms with Gasteiger partial charge in [0.1, 0.15) is 0 Å². The number of ether oxygens (including phenoxy) is 2. The minimum absolute atomic E-state index is 0.133. The summed E-state index contributed by atoms with van der Waals surface area (Å²) in [4.78, 5) is 11.3. The number of allylic oxidation sites excluding steroid dienone is 2. The van der Waals surface area contributed by atoms with Gasteiger partial charge in [-0.05, 0) is 32.6 Å². The Hall–Kier alpha value is -0.830. The van der Waals surface area contributed by atoms with Crippen molar-refractivity contribution in [2.75, 3.05) is 6.61 Å². The van der Waals surface area contributed by atoms with Crippen LogP contribution in [0.15, 0.2) is 12.2 Å². The zero-order chi connectivity index (χ0) is 10.9. The quantitative estimate of drug-likeness (QED) is 0.399. The van der Waals surface area contributed by atoms with Crippen molar-refractivity contribution in [3.05, 3.63) is 12.2 Å². The van der Waals surface area contributed by atoms with Crippen LogP contribution in [0.4, 0.5) is 0 Å². The van der Waals surface area contributed by atoms with E-state index in [1.807, 2.05) is 13.0 Å². The lowest BCUT2D eigenvalue weighted by atomic mass is 10.2. The van der Waals surface area contributed by atoms with Crippen LogP contribution < -0.4 is 0 Å². The summed E-state index contributed by atoms with van der Waals surface area (Å²) in [6.07, 6.45) is 9.08. The third-order valence-corrected chi connectivity index (χ3v) is 2.39. The summed E-state index contributed by atoms with van der Waals surface area (Å²) >= 11 is 0. The summed E-state index contributed by atoms with van der Waals surface area (Å²) in [7, 11) is 0. The molecule has 1 rings (SSSR count). The lowest BCUT2D eigenvalue weighted by Crippen LogP contribution is -2.25. The Labute approximate surface area is 91.4 Å². The Balaban J connectivity index is 2.06. The molecule has 0 radical (unpaired) electrons. The Morgan fingerprint density at radius 2 is 2.40 bits per heavy atom. The van der Waals surface area contributed by atoms with Crippen LogP contribution in [-0.2, 0) is 14.3 Å². The summed E-state index contributed by atoms with van der Waals surface area (Å²) in [6.45, 7) is 2.70. The van der Waals surface area contributed by atoms with Crippen LogP contribution in [-0.4, -0.2) is 18.9 Å². The average Bonchev–Trinajstić information content (AvgIpc) is 2.26. The summed E-state index contributed by atoms with van der Waals surface area (Å²) in [5.74, 6) is -0.133. The lowest BCUT2D eigenvalue weighted by Gasteiger charge is -2.22. The zero-order valence-corrected chi connectivity index (χ0v) is 9.41. The van der Waals surface area contributed by atoms with Crippen LogP contribution in [0.3, 0.4) is 0 Å². The standard InChI is InChI=1S/C12H20O3/c1-2-3-4-5-8-11(13)15-12-9-6-7-10-14-12/h2-3,12H,4-10H2,1H3/b3-2-. The number of carbonyl (C=O) groups is 1. The molecule has 0 N–H and O–H groups in total. The highest BCUT2D eigenvalue weighted by atomic mass is 16.7. The molecule has 0 bridgehead atoms. The van der Waals surface area contributed by atoms with Gasteiger partial charge < -0.3 is 9.47 Å². The minimum atomic E-state index is -0.284. The molecule has 0 aromatic rings. The van der Waals surface area contributed by atoms with E-state index in [2.05, 4.69) is 6.08 Å². The van der Waals surface area contributed by atoms with Crippen molar-refractivity contribution in [2.45, 2.75) is 51.7 Å². The van der Waals surface area contributed by atoms with Gasteiger partial charge in [-0.15, -0.1) is 0 Å². The van der Waals surface area contributed by atoms with Crippen molar-refractivity contribution in [3.8, 4) is 0 Å². The molecule has 3 heteroatoms. The number of hydrogen-bond acceptors (Lipinski definition) is 3. The molecule has 1 fully saturated rings. The van der Waals surface area contributed by atoms with E-state index in [1.165, 1.54) is 0 Å². The van der Waals surface area contributed by atoms with E-state index < -0.39 is 0 Å². The lowest BCUT2D eigenvalue weighted by molar-refractivity contribution is -0.186. The summed E-state index contributed by atoms with van der Waals surface area (Å²) in [5, 5.41) is 0. The van der Waals surface area contributed by atoms with Crippen molar-refractivity contribution in [2.24, 2.45) is 0 Å². The monoisotopic (exact) mass is 212 g/mol. The molecule has 0 aromatic carbocycles. The number of hydrogen-bond donors (Lipinski definition) is 0. The minimum Gasteiger partial charge on any atom is -0.436 e. The molecule has 15 heavy (non-hydrogen) atoms. The van der Waals surface area contributed by atoms with E-state index in [1.54, 1.807) is 0 Å². The van der Waals surface area contributed by atoms with Gasteiger partial charge >= 0.3 is 5.97 Å². The molecule has 1 heterocycles. The number of carbonyl (C=O) groups excluding carboxylic acids is 1. The van der Waals surface area contributed by atoms with Gasteiger partial charge in [0, 0.05) is 12.8 Å². The first-order valence-electron chi connectivity index (χ1n) is 5.75. The van der Waals surface area contributed by atoms with Crippen molar-refractivity contribution < 1.29 is 14.3 Å². The zero-order valence-electron chi connectivity index (χ0n) is 9.41. The number of esters is 1. The van der Waals surface area contributed by atoms with Crippen LogP contribution in [0.5, 0.6) is 0 Å². The molecule has 0 spiro atoms. The number of unbranched alkanes of at least 4 members (excludes halogenated alkanes) is 1. The average molecular weight is 212 g/mol. The van der Waals surface area contributed by atoms with Gasteiger partial charge in [-0.2, -0.15) is 0 Å². The third kappa shape index (κ3) is 5.57. The largest absolute Gasteiger partial charge is 0.436 e. The van der Waals surface area contributed by atoms with Gasteiger partial charge in [-0.25, -0.2) is 0 Å². The number of rotatable bonds is 5. The first-order valence-corrected chi connectivity index (χ1v) is 5.75. The van der Waals surface area contributed by atoms with Gasteiger partial charge in [0.05, 0.1) is 6.61 Å². The first-order chi connectivity index (χ1) is 7.33. The first kappa shape index (κ1) is 12.2. The van der Waals surface area contributed by atoms with Gasteiger partial charge in [-0.1, -0.05) is 12.2 Å². The molecule has 0 aliphatic carbocycles. The maximum Gasteiger partial charge on any atom is 0.308 e. The van der Waals surface area contributed by atoms with E-state index in [0.717, 1.165) is 38.7 Å². The van der Waals surface area contributed by atoms with Crippen LogP contribution in [0.2, 0.25) is 0 Å². The normalized spacial score (nSPS) is 21.8. The molecule has 1 unspecified atom stereocenters. The van der Waals surface area contributed by atoms with E-state index in [4.69, 9.17) is 9.47 Å². The molecule has 1 aliphatic rings. The molecule has 1 atom stereocenters. The molecular formula is C12H20O3. The van der Waals surface area contributed by atoms with E-state index in [0.29, 0.717) is 6.42 Å². The van der Waals surface area contributed by atoms with Gasteiger partial charge in [-0.3, -0.25) is 4.79 Å². The van der Waals surface area contributed by atoms with E-state index in [9.17, 15) is 4.79 Å². The highest BCUT2D eigenvalue weighted by Gasteiger charge is 2.17. The molecule has 0 amide bonds. The van der Waals surface area contributed by atoms with Gasteiger partial charge in [0.2, 0.25) is 6.29 Å². The third-order valence-electron chi connectivity index (χ3n) is 2.39. The van der Waals surface area contributed by atoms with Crippen LogP contribution in [0.25, 0.3) is 0 Å². The Bertz CT molecular complexity index is 205. The highest BCUT2D eigenvalue weighted by Crippen LogP contribution is 2.14. The predicted octanol–water partition coefficient (Wildman–Crippen LogP) is 2.80. The van der Waals surface area contributed by atoms with Gasteiger partial charge in [0.25, 0.3) is 0 Å². The maximum absolute atomic E-state index is 11.3. The SMILES string of the molecule is C/C=C\CCCC(=O)OC1CCCCO1. The van der Waals surface area contributed by atoms with E-state index in [-0.39, 0.29) is 12.3 Å².